The van der Waals surface area contributed by atoms with Crippen molar-refractivity contribution in [3.05, 3.63) is 113 Å². The molecule has 10 heteroatoms. The number of benzene rings is 1. The third-order valence-electron chi connectivity index (χ3n) is 7.79. The third-order valence-corrected chi connectivity index (χ3v) is 9.03. The lowest BCUT2D eigenvalue weighted by Crippen LogP contribution is -2.48. The van der Waals surface area contributed by atoms with E-state index in [1.807, 2.05) is 84.0 Å². The van der Waals surface area contributed by atoms with Crippen molar-refractivity contribution in [1.29, 1.82) is 0 Å². The first-order valence-electron chi connectivity index (χ1n) is 13.9. The van der Waals surface area contributed by atoms with Crippen LogP contribution >= 0.6 is 22.9 Å². The summed E-state index contributed by atoms with van der Waals surface area (Å²) >= 11 is 7.61. The number of aromatic nitrogens is 4. The van der Waals surface area contributed by atoms with Gasteiger partial charge in [-0.1, -0.05) is 29.8 Å². The molecule has 0 aliphatic carbocycles. The lowest BCUT2D eigenvalue weighted by atomic mass is 10.0. The minimum absolute atomic E-state index is 0.0338. The second-order valence-corrected chi connectivity index (χ2v) is 12.0. The van der Waals surface area contributed by atoms with Crippen LogP contribution in [0.4, 0.5) is 11.4 Å². The fraction of sp³-hybridized carbons (Fsp3) is 0.188. The van der Waals surface area contributed by atoms with Crippen LogP contribution in [-0.2, 0) is 6.54 Å². The number of nitrogens with one attached hydrogen (secondary N) is 1. The maximum Gasteiger partial charge on any atom is 0.275 e. The van der Waals surface area contributed by atoms with E-state index >= 15 is 0 Å². The quantitative estimate of drug-likeness (QED) is 0.208. The molecule has 0 radical (unpaired) electrons. The Bertz CT molecular complexity index is 1830. The van der Waals surface area contributed by atoms with Crippen LogP contribution in [0.1, 0.15) is 29.0 Å². The molecule has 210 valence electrons. The second-order valence-electron chi connectivity index (χ2n) is 10.3. The average molecular weight is 596 g/mol. The van der Waals surface area contributed by atoms with Crippen LogP contribution in [0, 0.1) is 0 Å². The van der Waals surface area contributed by atoms with Gasteiger partial charge in [0, 0.05) is 66.2 Å². The molecule has 5 aromatic heterocycles. The number of para-hydroxylation sites is 1. The lowest BCUT2D eigenvalue weighted by molar-refractivity contribution is -0.613. The summed E-state index contributed by atoms with van der Waals surface area (Å²) in [6.45, 7) is 2.15. The first-order chi connectivity index (χ1) is 20.6. The highest BCUT2D eigenvalue weighted by molar-refractivity contribution is 7.19. The van der Waals surface area contributed by atoms with E-state index in [0.29, 0.717) is 22.3 Å². The molecule has 6 heterocycles. The van der Waals surface area contributed by atoms with Crippen LogP contribution in [0.2, 0.25) is 4.34 Å². The Balaban J connectivity index is 1.22. The molecule has 1 N–H and O–H groups in total. The van der Waals surface area contributed by atoms with Gasteiger partial charge in [-0.2, -0.15) is 0 Å². The molecule has 1 aliphatic rings. The number of aromatic amines is 1. The van der Waals surface area contributed by atoms with Crippen molar-refractivity contribution in [2.75, 3.05) is 22.9 Å². The molecule has 6 aromatic rings. The Morgan fingerprint density at radius 1 is 0.976 bits per heavy atom. The summed E-state index contributed by atoms with van der Waals surface area (Å²) in [6.07, 6.45) is 8.83. The van der Waals surface area contributed by atoms with Gasteiger partial charge in [-0.05, 0) is 66.5 Å². The summed E-state index contributed by atoms with van der Waals surface area (Å²) in [5.41, 5.74) is 4.47. The van der Waals surface area contributed by atoms with E-state index in [2.05, 4.69) is 30.7 Å². The Morgan fingerprint density at radius 2 is 1.71 bits per heavy atom. The summed E-state index contributed by atoms with van der Waals surface area (Å²) in [4.78, 5) is 28.3. The molecule has 1 aromatic carbocycles. The number of fused-ring (bicyclic) bond motifs is 1. The minimum Gasteiger partial charge on any atom is -0.371 e. The monoisotopic (exact) mass is 595 g/mol. The molecule has 0 atom stereocenters. The van der Waals surface area contributed by atoms with Gasteiger partial charge in [0.1, 0.15) is 12.2 Å². The van der Waals surface area contributed by atoms with Crippen molar-refractivity contribution in [1.82, 2.24) is 14.5 Å². The maximum absolute atomic E-state index is 14.6. The van der Waals surface area contributed by atoms with Crippen LogP contribution in [0.25, 0.3) is 21.5 Å². The van der Waals surface area contributed by atoms with Crippen LogP contribution < -0.4 is 15.0 Å². The molecular weight excluding hydrogens is 568 g/mol. The largest absolute Gasteiger partial charge is 0.371 e. The lowest BCUT2D eigenvalue weighted by Gasteiger charge is -2.39. The molecule has 1 saturated heterocycles. The smallest absolute Gasteiger partial charge is 0.275 e. The number of H-pyrrole nitrogens is 1. The Labute approximate surface area is 251 Å². The fourth-order valence-electron chi connectivity index (χ4n) is 5.77. The normalized spacial score (nSPS) is 14.0. The van der Waals surface area contributed by atoms with Crippen molar-refractivity contribution in [2.24, 2.45) is 0 Å². The predicted octanol–water partition coefficient (Wildman–Crippen LogP) is 6.58. The van der Waals surface area contributed by atoms with Crippen molar-refractivity contribution in [2.45, 2.75) is 25.4 Å². The van der Waals surface area contributed by atoms with E-state index < -0.39 is 0 Å². The highest BCUT2D eigenvalue weighted by Crippen LogP contribution is 2.32. The topological polar surface area (TPSA) is 81.5 Å². The Kier molecular flexibility index (Phi) is 7.19. The number of nitrogens with zero attached hydrogens (tertiary/aromatic N) is 5. The third kappa shape index (κ3) is 5.17. The number of anilines is 2. The van der Waals surface area contributed by atoms with Gasteiger partial charge in [-0.15, -0.1) is 11.3 Å². The molecule has 0 unspecified atom stereocenters. The summed E-state index contributed by atoms with van der Waals surface area (Å²) in [5.74, 6) is 0.680. The second kappa shape index (κ2) is 11.4. The van der Waals surface area contributed by atoms with Crippen molar-refractivity contribution >= 4 is 51.1 Å². The summed E-state index contributed by atoms with van der Waals surface area (Å²) in [6, 6.07) is 23.8. The van der Waals surface area contributed by atoms with Crippen LogP contribution in [0.5, 0.6) is 0 Å². The molecule has 0 saturated carbocycles. The molecule has 1 aliphatic heterocycles. The van der Waals surface area contributed by atoms with Crippen molar-refractivity contribution < 1.29 is 14.5 Å². The molecule has 7 rings (SSSR count). The van der Waals surface area contributed by atoms with Crippen molar-refractivity contribution in [3.63, 3.8) is 0 Å². The minimum atomic E-state index is -0.0338. The van der Waals surface area contributed by atoms with Gasteiger partial charge in [0.2, 0.25) is 11.5 Å². The Morgan fingerprint density at radius 3 is 2.45 bits per heavy atom. The number of pyridine rings is 2. The number of thiophene rings is 1. The number of carbonyl (C=O) groups is 1. The highest BCUT2D eigenvalue weighted by Gasteiger charge is 2.32. The first-order valence-corrected chi connectivity index (χ1v) is 15.1. The summed E-state index contributed by atoms with van der Waals surface area (Å²) in [7, 11) is 0. The standard InChI is InChI=1S/C32H27ClN6O2S/c33-31-6-5-30(42-31)29-20-23(36-41-29)21-38-27-4-2-1-3-22(27)19-28(38)32(40)39(25-9-15-35-16-10-25)26-11-17-37(18-12-26)24-7-13-34-14-8-24/h1-10,13-16,19-20,26H,11-12,17-18,21H2/p+1. The number of halogens is 1. The maximum atomic E-state index is 14.6. The fourth-order valence-corrected chi connectivity index (χ4v) is 6.77. The molecule has 1 amide bonds. The molecule has 8 nitrogen and oxygen atoms in total. The molecule has 42 heavy (non-hydrogen) atoms. The van der Waals surface area contributed by atoms with Crippen LogP contribution in [-0.4, -0.2) is 39.6 Å². The van der Waals surface area contributed by atoms with Gasteiger partial charge in [0.15, 0.2) is 0 Å². The zero-order valence-electron chi connectivity index (χ0n) is 22.7. The van der Waals surface area contributed by atoms with E-state index in [-0.39, 0.29) is 11.9 Å². The number of piperidine rings is 1. The molecule has 1 fully saturated rings. The summed E-state index contributed by atoms with van der Waals surface area (Å²) in [5, 5.41) is 4.06. The zero-order valence-corrected chi connectivity index (χ0v) is 24.3. The molecule has 0 bridgehead atoms. The zero-order chi connectivity index (χ0) is 28.5. The van der Waals surface area contributed by atoms with Gasteiger partial charge in [0.25, 0.3) is 5.91 Å². The Hall–Kier alpha value is -4.47. The molecular formula is C32H28ClN6O2S+. The number of hydrogen-bond donors (Lipinski definition) is 0. The number of rotatable bonds is 7. The predicted molar refractivity (Wildman–Crippen MR) is 165 cm³/mol. The van der Waals surface area contributed by atoms with Gasteiger partial charge in [-0.3, -0.25) is 14.8 Å². The first kappa shape index (κ1) is 26.4. The van der Waals surface area contributed by atoms with Crippen molar-refractivity contribution in [3.8, 4) is 10.6 Å². The number of carbonyl (C=O) groups excluding carboxylic acids is 1. The van der Waals surface area contributed by atoms with Gasteiger partial charge >= 0.3 is 0 Å². The summed E-state index contributed by atoms with van der Waals surface area (Å²) < 4.78 is 8.56. The van der Waals surface area contributed by atoms with Crippen LogP contribution in [0.15, 0.2) is 102 Å². The average Bonchev–Trinajstić information content (AvgIpc) is 3.78. The van der Waals surface area contributed by atoms with Crippen LogP contribution in [0.3, 0.4) is 0 Å². The molecule has 0 spiro atoms. The van der Waals surface area contributed by atoms with E-state index in [1.165, 1.54) is 11.3 Å². The SMILES string of the molecule is O=C(c1cc2ccccc2n1Cc1cc(-c2ccc(Cl)s2)o[nH+]1)N(c1ccncc1)C1CCN(c2ccncc2)CC1. The number of hydrogen-bond acceptors (Lipinski definition) is 6. The van der Waals surface area contributed by atoms with E-state index in [0.717, 1.165) is 58.8 Å². The van der Waals surface area contributed by atoms with E-state index in [1.54, 1.807) is 12.4 Å². The van der Waals surface area contributed by atoms with E-state index in [4.69, 9.17) is 16.1 Å². The van der Waals surface area contributed by atoms with E-state index in [9.17, 15) is 4.79 Å². The van der Waals surface area contributed by atoms with Gasteiger partial charge in [-0.25, -0.2) is 4.52 Å². The number of amides is 1. The van der Waals surface area contributed by atoms with Gasteiger partial charge in [0.05, 0.1) is 15.3 Å². The highest BCUT2D eigenvalue weighted by atomic mass is 35.5. The van der Waals surface area contributed by atoms with Gasteiger partial charge < -0.3 is 14.4 Å².